The molecule has 0 saturated heterocycles. The molecule has 0 aliphatic rings. The van der Waals surface area contributed by atoms with Gasteiger partial charge in [-0.1, -0.05) is 18.2 Å². The third-order valence-corrected chi connectivity index (χ3v) is 3.31. The minimum absolute atomic E-state index is 0.513. The van der Waals surface area contributed by atoms with Crippen LogP contribution in [0.2, 0.25) is 0 Å². The molecule has 0 saturated carbocycles. The van der Waals surface area contributed by atoms with Crippen LogP contribution in [0.15, 0.2) is 47.6 Å². The van der Waals surface area contributed by atoms with Crippen LogP contribution in [0.5, 0.6) is 11.5 Å². The summed E-state index contributed by atoms with van der Waals surface area (Å²) in [5.74, 6) is 1.56. The molecule has 2 aromatic carbocycles. The lowest BCUT2D eigenvalue weighted by Crippen LogP contribution is -2.24. The molecule has 0 aromatic heterocycles. The average Bonchev–Trinajstić information content (AvgIpc) is 2.54. The first-order chi connectivity index (χ1) is 12.0. The number of para-hydroxylation sites is 1. The molecule has 6 heteroatoms. The van der Waals surface area contributed by atoms with Gasteiger partial charge in [0, 0.05) is 12.0 Å². The average molecular weight is 341 g/mol. The molecule has 3 N–H and O–H groups in total. The smallest absolute Gasteiger partial charge is 0.332 e. The Morgan fingerprint density at radius 2 is 1.80 bits per heavy atom. The summed E-state index contributed by atoms with van der Waals surface area (Å²) in [5.41, 5.74) is 10.2. The van der Waals surface area contributed by atoms with Gasteiger partial charge >= 0.3 is 6.03 Å². The van der Waals surface area contributed by atoms with Gasteiger partial charge in [-0.25, -0.2) is 10.2 Å². The molecular formula is C19H23N3O3. The Hall–Kier alpha value is -3.02. The SMILES string of the molecule is Cc1cc(C)cc(OCCCOc2ccccc2C=NNC(N)=O)c1. The van der Waals surface area contributed by atoms with Gasteiger partial charge in [-0.3, -0.25) is 0 Å². The van der Waals surface area contributed by atoms with Crippen molar-refractivity contribution in [2.75, 3.05) is 13.2 Å². The molecule has 0 atom stereocenters. The molecule has 0 spiro atoms. The quantitative estimate of drug-likeness (QED) is 0.439. The monoisotopic (exact) mass is 341 g/mol. The summed E-state index contributed by atoms with van der Waals surface area (Å²) in [4.78, 5) is 10.6. The highest BCUT2D eigenvalue weighted by atomic mass is 16.5. The van der Waals surface area contributed by atoms with Gasteiger partial charge in [0.25, 0.3) is 0 Å². The molecule has 0 bridgehead atoms. The van der Waals surface area contributed by atoms with Crippen LogP contribution in [0.4, 0.5) is 4.79 Å². The van der Waals surface area contributed by atoms with Gasteiger partial charge in [0.05, 0.1) is 19.4 Å². The van der Waals surface area contributed by atoms with E-state index >= 15 is 0 Å². The van der Waals surface area contributed by atoms with Crippen LogP contribution in [-0.4, -0.2) is 25.5 Å². The standard InChI is InChI=1S/C19H23N3O3/c1-14-10-15(2)12-17(11-14)24-8-5-9-25-18-7-4-3-6-16(18)13-21-22-19(20)23/h3-4,6-7,10-13H,5,8-9H2,1-2H3,(H3,20,22,23). The number of benzene rings is 2. The number of urea groups is 1. The number of rotatable bonds is 8. The van der Waals surface area contributed by atoms with E-state index in [-0.39, 0.29) is 0 Å². The highest BCUT2D eigenvalue weighted by Gasteiger charge is 2.01. The number of nitrogens with two attached hydrogens (primary N) is 1. The predicted molar refractivity (Wildman–Crippen MR) is 98.3 cm³/mol. The van der Waals surface area contributed by atoms with Crippen LogP contribution in [0.3, 0.4) is 0 Å². The Morgan fingerprint density at radius 1 is 1.12 bits per heavy atom. The van der Waals surface area contributed by atoms with Gasteiger partial charge in [-0.05, 0) is 49.2 Å². The number of primary amides is 1. The maximum absolute atomic E-state index is 10.6. The lowest BCUT2D eigenvalue weighted by Gasteiger charge is -2.10. The topological polar surface area (TPSA) is 85.9 Å². The lowest BCUT2D eigenvalue weighted by molar-refractivity contribution is 0.247. The minimum Gasteiger partial charge on any atom is -0.493 e. The van der Waals surface area contributed by atoms with Crippen LogP contribution >= 0.6 is 0 Å². The number of hydrogen-bond acceptors (Lipinski definition) is 4. The summed E-state index contributed by atoms with van der Waals surface area (Å²) < 4.78 is 11.5. The van der Waals surface area contributed by atoms with Crippen molar-refractivity contribution in [3.63, 3.8) is 0 Å². The lowest BCUT2D eigenvalue weighted by atomic mass is 10.1. The Balaban J connectivity index is 1.79. The van der Waals surface area contributed by atoms with Gasteiger partial charge in [-0.2, -0.15) is 5.10 Å². The van der Waals surface area contributed by atoms with Crippen molar-refractivity contribution in [1.82, 2.24) is 5.43 Å². The molecule has 25 heavy (non-hydrogen) atoms. The maximum Gasteiger partial charge on any atom is 0.332 e. The largest absolute Gasteiger partial charge is 0.493 e. The van der Waals surface area contributed by atoms with Crippen molar-refractivity contribution in [3.05, 3.63) is 59.2 Å². The van der Waals surface area contributed by atoms with Crippen molar-refractivity contribution in [2.45, 2.75) is 20.3 Å². The third kappa shape index (κ3) is 6.55. The Labute approximate surface area is 147 Å². The number of nitrogens with zero attached hydrogens (tertiary/aromatic N) is 1. The van der Waals surface area contributed by atoms with Gasteiger partial charge in [0.1, 0.15) is 11.5 Å². The molecule has 0 unspecified atom stereocenters. The van der Waals surface area contributed by atoms with Gasteiger partial charge in [0.15, 0.2) is 0 Å². The highest BCUT2D eigenvalue weighted by molar-refractivity contribution is 5.84. The summed E-state index contributed by atoms with van der Waals surface area (Å²) in [6.07, 6.45) is 2.24. The predicted octanol–water partition coefficient (Wildman–Crippen LogP) is 3.15. The first-order valence-corrected chi connectivity index (χ1v) is 8.06. The first-order valence-electron chi connectivity index (χ1n) is 8.06. The molecule has 2 rings (SSSR count). The number of ether oxygens (including phenoxy) is 2. The Morgan fingerprint density at radius 3 is 2.52 bits per heavy atom. The zero-order valence-electron chi connectivity index (χ0n) is 14.5. The van der Waals surface area contributed by atoms with Crippen molar-refractivity contribution in [3.8, 4) is 11.5 Å². The van der Waals surface area contributed by atoms with E-state index < -0.39 is 6.03 Å². The van der Waals surface area contributed by atoms with Crippen LogP contribution in [0.1, 0.15) is 23.1 Å². The molecule has 132 valence electrons. The van der Waals surface area contributed by atoms with E-state index in [2.05, 4.69) is 30.4 Å². The third-order valence-electron chi connectivity index (χ3n) is 3.31. The van der Waals surface area contributed by atoms with E-state index in [1.165, 1.54) is 17.3 Å². The molecular weight excluding hydrogens is 318 g/mol. The summed E-state index contributed by atoms with van der Waals surface area (Å²) in [7, 11) is 0. The van der Waals surface area contributed by atoms with E-state index in [4.69, 9.17) is 15.2 Å². The van der Waals surface area contributed by atoms with E-state index in [9.17, 15) is 4.79 Å². The molecule has 0 fully saturated rings. The number of carbonyl (C=O) groups is 1. The fourth-order valence-corrected chi connectivity index (χ4v) is 2.33. The van der Waals surface area contributed by atoms with E-state index in [0.717, 1.165) is 17.7 Å². The van der Waals surface area contributed by atoms with Gasteiger partial charge in [0.2, 0.25) is 0 Å². The van der Waals surface area contributed by atoms with Gasteiger partial charge < -0.3 is 15.2 Å². The Kier molecular flexibility index (Phi) is 6.83. The first kappa shape index (κ1) is 18.3. The number of hydrazone groups is 1. The number of aryl methyl sites for hydroxylation is 2. The zero-order valence-corrected chi connectivity index (χ0v) is 14.5. The van der Waals surface area contributed by atoms with E-state index in [1.54, 1.807) is 0 Å². The summed E-state index contributed by atoms with van der Waals surface area (Å²) in [6.45, 7) is 5.18. The van der Waals surface area contributed by atoms with Crippen molar-refractivity contribution < 1.29 is 14.3 Å². The summed E-state index contributed by atoms with van der Waals surface area (Å²) in [5, 5.41) is 3.75. The second-order valence-corrected chi connectivity index (χ2v) is 5.65. The van der Waals surface area contributed by atoms with Gasteiger partial charge in [-0.15, -0.1) is 0 Å². The number of amides is 2. The molecule has 2 aromatic rings. The highest BCUT2D eigenvalue weighted by Crippen LogP contribution is 2.17. The van der Waals surface area contributed by atoms with Crippen molar-refractivity contribution in [2.24, 2.45) is 10.8 Å². The van der Waals surface area contributed by atoms with Crippen molar-refractivity contribution in [1.29, 1.82) is 0 Å². The number of carbonyl (C=O) groups excluding carboxylic acids is 1. The van der Waals surface area contributed by atoms with E-state index in [1.807, 2.05) is 36.4 Å². The zero-order chi connectivity index (χ0) is 18.1. The van der Waals surface area contributed by atoms with Crippen LogP contribution < -0.4 is 20.6 Å². The minimum atomic E-state index is -0.710. The molecule has 0 aliphatic heterocycles. The second kappa shape index (κ2) is 9.32. The molecule has 0 heterocycles. The molecule has 0 radical (unpaired) electrons. The molecule has 6 nitrogen and oxygen atoms in total. The fourth-order valence-electron chi connectivity index (χ4n) is 2.33. The van der Waals surface area contributed by atoms with Crippen LogP contribution in [0.25, 0.3) is 0 Å². The Bertz CT molecular complexity index is 724. The summed E-state index contributed by atoms with van der Waals surface area (Å²) in [6, 6.07) is 12.9. The fraction of sp³-hybridized carbons (Fsp3) is 0.263. The normalized spacial score (nSPS) is 10.6. The molecule has 0 aliphatic carbocycles. The van der Waals surface area contributed by atoms with Crippen LogP contribution in [0, 0.1) is 13.8 Å². The second-order valence-electron chi connectivity index (χ2n) is 5.65. The number of nitrogens with one attached hydrogen (secondary N) is 1. The van der Waals surface area contributed by atoms with Crippen molar-refractivity contribution >= 4 is 12.2 Å². The number of hydrogen-bond donors (Lipinski definition) is 2. The van der Waals surface area contributed by atoms with E-state index in [0.29, 0.717) is 19.0 Å². The maximum atomic E-state index is 10.6. The molecule has 2 amide bonds. The summed E-state index contributed by atoms with van der Waals surface area (Å²) >= 11 is 0. The van der Waals surface area contributed by atoms with Crippen LogP contribution in [-0.2, 0) is 0 Å².